The maximum Gasteiger partial charge on any atom is -0.0443 e. The molecule has 144 valence electrons. The van der Waals surface area contributed by atoms with Gasteiger partial charge in [0, 0.05) is 0 Å². The molecule has 24 heavy (non-hydrogen) atoms. The molecule has 0 aromatic carbocycles. The van der Waals surface area contributed by atoms with E-state index < -0.39 is 0 Å². The largest absolute Gasteiger partial charge is 0.0625 e. The first-order valence-corrected chi connectivity index (χ1v) is 11.4. The molecule has 0 fully saturated rings. The molecule has 0 aliphatic heterocycles. The van der Waals surface area contributed by atoms with E-state index in [-0.39, 0.29) is 0 Å². The van der Waals surface area contributed by atoms with Gasteiger partial charge in [-0.05, 0) is 5.92 Å². The van der Waals surface area contributed by atoms with Crippen LogP contribution in [0.25, 0.3) is 0 Å². The zero-order valence-corrected chi connectivity index (χ0v) is 17.1. The fraction of sp³-hybridized carbons (Fsp3) is 0.917. The normalized spacial score (nSPS) is 12.6. The van der Waals surface area contributed by atoms with Crippen molar-refractivity contribution in [1.82, 2.24) is 0 Å². The van der Waals surface area contributed by atoms with Crippen LogP contribution in [0.4, 0.5) is 0 Å². The van der Waals surface area contributed by atoms with Gasteiger partial charge in [-0.25, -0.2) is 0 Å². The second-order valence-electron chi connectivity index (χ2n) is 8.05. The molecule has 0 nitrogen and oxygen atoms in total. The Hall–Kier alpha value is 0. The van der Waals surface area contributed by atoms with Gasteiger partial charge in [0.05, 0.1) is 0 Å². The second-order valence-corrected chi connectivity index (χ2v) is 8.05. The summed E-state index contributed by atoms with van der Waals surface area (Å²) < 4.78 is 0. The van der Waals surface area contributed by atoms with Crippen LogP contribution in [0.1, 0.15) is 135 Å². The lowest BCUT2D eigenvalue weighted by atomic mass is 9.96. The second kappa shape index (κ2) is 21.0. The first-order chi connectivity index (χ1) is 11.8. The first-order valence-electron chi connectivity index (χ1n) is 11.4. The van der Waals surface area contributed by atoms with Crippen LogP contribution in [-0.2, 0) is 0 Å². The minimum atomic E-state index is 0.940. The van der Waals surface area contributed by atoms with E-state index in [0.29, 0.717) is 0 Å². The Morgan fingerprint density at radius 3 is 1.04 bits per heavy atom. The van der Waals surface area contributed by atoms with E-state index in [9.17, 15) is 0 Å². The number of hydrogen-bond donors (Lipinski definition) is 0. The van der Waals surface area contributed by atoms with Gasteiger partial charge in [-0.2, -0.15) is 0 Å². The van der Waals surface area contributed by atoms with Gasteiger partial charge in [-0.15, -0.1) is 0 Å². The van der Waals surface area contributed by atoms with Gasteiger partial charge in [0.15, 0.2) is 0 Å². The monoisotopic (exact) mass is 336 g/mol. The Kier molecular flexibility index (Phi) is 21.0. The Balaban J connectivity index is 3.05. The van der Waals surface area contributed by atoms with E-state index in [1.165, 1.54) is 116 Å². The fourth-order valence-corrected chi connectivity index (χ4v) is 3.60. The lowest BCUT2D eigenvalue weighted by Crippen LogP contribution is -1.94. The van der Waals surface area contributed by atoms with E-state index in [1.807, 2.05) is 0 Å². The van der Waals surface area contributed by atoms with Crippen molar-refractivity contribution >= 4 is 0 Å². The predicted octanol–water partition coefficient (Wildman–Crippen LogP) is 9.09. The molecule has 0 rings (SSSR count). The zero-order chi connectivity index (χ0) is 17.7. The number of unbranched alkanes of at least 4 members (excludes halogenated alkanes) is 16. The van der Waals surface area contributed by atoms with Crippen LogP contribution in [0.3, 0.4) is 0 Å². The molecule has 0 heteroatoms. The third-order valence-electron chi connectivity index (χ3n) is 5.39. The highest BCUT2D eigenvalue weighted by Crippen LogP contribution is 2.18. The van der Waals surface area contributed by atoms with Gasteiger partial charge in [0.2, 0.25) is 0 Å². The van der Waals surface area contributed by atoms with Crippen molar-refractivity contribution < 1.29 is 0 Å². The predicted molar refractivity (Wildman–Crippen MR) is 112 cm³/mol. The molecule has 0 spiro atoms. The van der Waals surface area contributed by atoms with Crippen LogP contribution in [0.2, 0.25) is 0 Å². The molecule has 0 saturated heterocycles. The molecule has 0 aromatic heterocycles. The van der Waals surface area contributed by atoms with E-state index in [0.717, 1.165) is 18.8 Å². The van der Waals surface area contributed by atoms with Gasteiger partial charge >= 0.3 is 0 Å². The van der Waals surface area contributed by atoms with E-state index in [2.05, 4.69) is 20.8 Å². The van der Waals surface area contributed by atoms with Crippen LogP contribution in [0.15, 0.2) is 0 Å². The molecular weight excluding hydrogens is 288 g/mol. The average Bonchev–Trinajstić information content (AvgIpc) is 2.58. The molecule has 1 unspecified atom stereocenters. The Bertz CT molecular complexity index is 208. The minimum absolute atomic E-state index is 0.940. The summed E-state index contributed by atoms with van der Waals surface area (Å²) in [5, 5.41) is 0. The molecule has 0 heterocycles. The Morgan fingerprint density at radius 1 is 0.417 bits per heavy atom. The maximum atomic E-state index is 3.93. The van der Waals surface area contributed by atoms with Gasteiger partial charge in [0.25, 0.3) is 0 Å². The standard InChI is InChI=1S/C24H48/c1-4-6-8-9-10-11-12-13-14-15-16-17-18-19-21-23-24(3)22-20-7-5-2/h24H,1-2,4-23H2,3H3. The third kappa shape index (κ3) is 20.0. The Morgan fingerprint density at radius 2 is 0.667 bits per heavy atom. The smallest absolute Gasteiger partial charge is 0.0443 e. The van der Waals surface area contributed by atoms with Gasteiger partial charge < -0.3 is 0 Å². The first kappa shape index (κ1) is 24.0. The van der Waals surface area contributed by atoms with E-state index >= 15 is 0 Å². The van der Waals surface area contributed by atoms with Crippen LogP contribution in [0, 0.1) is 19.8 Å². The third-order valence-corrected chi connectivity index (χ3v) is 5.39. The summed E-state index contributed by atoms with van der Waals surface area (Å²) in [6.07, 6.45) is 28.1. The van der Waals surface area contributed by atoms with Gasteiger partial charge in [-0.1, -0.05) is 149 Å². The van der Waals surface area contributed by atoms with Crippen LogP contribution >= 0.6 is 0 Å². The molecule has 0 bridgehead atoms. The van der Waals surface area contributed by atoms with Crippen molar-refractivity contribution in [3.63, 3.8) is 0 Å². The van der Waals surface area contributed by atoms with Crippen molar-refractivity contribution in [2.75, 3.05) is 0 Å². The topological polar surface area (TPSA) is 0 Å². The quantitative estimate of drug-likeness (QED) is 0.194. The van der Waals surface area contributed by atoms with Crippen molar-refractivity contribution in [2.24, 2.45) is 5.92 Å². The van der Waals surface area contributed by atoms with Crippen LogP contribution < -0.4 is 0 Å². The molecule has 1 atom stereocenters. The highest BCUT2D eigenvalue weighted by atomic mass is 14.1. The van der Waals surface area contributed by atoms with Crippen molar-refractivity contribution in [3.05, 3.63) is 13.8 Å². The van der Waals surface area contributed by atoms with Crippen LogP contribution in [0.5, 0.6) is 0 Å². The molecular formula is C24H48. The van der Waals surface area contributed by atoms with E-state index in [4.69, 9.17) is 0 Å². The van der Waals surface area contributed by atoms with E-state index in [1.54, 1.807) is 0 Å². The maximum absolute atomic E-state index is 3.93. The fourth-order valence-electron chi connectivity index (χ4n) is 3.60. The summed E-state index contributed by atoms with van der Waals surface area (Å²) in [5.41, 5.74) is 0. The molecule has 0 aliphatic carbocycles. The SMILES string of the molecule is [CH2]CCCCCCCCCCCCCCCCC(C)CCCC[CH2]. The highest BCUT2D eigenvalue weighted by Gasteiger charge is 2.01. The summed E-state index contributed by atoms with van der Waals surface area (Å²) in [6, 6.07) is 0. The number of hydrogen-bond acceptors (Lipinski definition) is 0. The van der Waals surface area contributed by atoms with Crippen molar-refractivity contribution in [1.29, 1.82) is 0 Å². The molecule has 0 N–H and O–H groups in total. The summed E-state index contributed by atoms with van der Waals surface area (Å²) in [5.74, 6) is 0.940. The lowest BCUT2D eigenvalue weighted by Gasteiger charge is -2.10. The summed E-state index contributed by atoms with van der Waals surface area (Å²) >= 11 is 0. The average molecular weight is 337 g/mol. The van der Waals surface area contributed by atoms with Crippen LogP contribution in [-0.4, -0.2) is 0 Å². The van der Waals surface area contributed by atoms with Gasteiger partial charge in [0.1, 0.15) is 0 Å². The number of rotatable bonds is 20. The minimum Gasteiger partial charge on any atom is -0.0625 e. The highest BCUT2D eigenvalue weighted by molar-refractivity contribution is 4.56. The molecule has 0 aromatic rings. The summed E-state index contributed by atoms with van der Waals surface area (Å²) in [6.45, 7) is 10.3. The molecule has 2 radical (unpaired) electrons. The molecule has 0 saturated carbocycles. The van der Waals surface area contributed by atoms with Gasteiger partial charge in [-0.3, -0.25) is 0 Å². The van der Waals surface area contributed by atoms with Crippen molar-refractivity contribution in [3.8, 4) is 0 Å². The molecule has 0 aliphatic rings. The lowest BCUT2D eigenvalue weighted by molar-refractivity contribution is 0.437. The zero-order valence-electron chi connectivity index (χ0n) is 17.1. The van der Waals surface area contributed by atoms with Crippen molar-refractivity contribution in [2.45, 2.75) is 135 Å². The Labute approximate surface area is 155 Å². The molecule has 0 amide bonds. The summed E-state index contributed by atoms with van der Waals surface area (Å²) in [7, 11) is 0. The summed E-state index contributed by atoms with van der Waals surface area (Å²) in [4.78, 5) is 0.